The predicted molar refractivity (Wildman–Crippen MR) is 92.2 cm³/mol. The van der Waals surface area contributed by atoms with Crippen LogP contribution in [0.5, 0.6) is 0 Å². The highest BCUT2D eigenvalue weighted by Gasteiger charge is 2.13. The molecule has 0 fully saturated rings. The molecular weight excluding hydrogens is 278 g/mol. The Labute approximate surface area is 134 Å². The summed E-state index contributed by atoms with van der Waals surface area (Å²) in [5.41, 5.74) is 0. The largest absolute Gasteiger partial charge is 0.510 e. The van der Waals surface area contributed by atoms with E-state index in [1.54, 1.807) is 6.21 Å². The first-order chi connectivity index (χ1) is 10.6. The molecule has 1 atom stereocenters. The molecule has 0 N–H and O–H groups in total. The van der Waals surface area contributed by atoms with E-state index in [0.717, 1.165) is 19.3 Å². The summed E-state index contributed by atoms with van der Waals surface area (Å²) in [6, 6.07) is 0. The minimum atomic E-state index is -0.676. The van der Waals surface area contributed by atoms with Crippen molar-refractivity contribution >= 4 is 12.4 Å². The smallest absolute Gasteiger partial charge is 0.431 e. The molecule has 0 heterocycles. The summed E-state index contributed by atoms with van der Waals surface area (Å²) in [4.78, 5) is 15.2. The average molecular weight is 307 g/mol. The Morgan fingerprint density at radius 3 is 2.32 bits per heavy atom. The fourth-order valence-electron chi connectivity index (χ4n) is 1.27. The molecule has 0 radical (unpaired) electrons. The Morgan fingerprint density at radius 1 is 1.05 bits per heavy atom. The van der Waals surface area contributed by atoms with Gasteiger partial charge in [0.25, 0.3) is 0 Å². The van der Waals surface area contributed by atoms with Gasteiger partial charge in [0.1, 0.15) is 6.10 Å². The number of aliphatic imine (C=N–C) groups is 1. The molecule has 0 aromatic carbocycles. The first kappa shape index (κ1) is 20.2. The van der Waals surface area contributed by atoms with E-state index >= 15 is 0 Å². The van der Waals surface area contributed by atoms with Crippen molar-refractivity contribution in [2.75, 3.05) is 6.73 Å². The zero-order chi connectivity index (χ0) is 16.6. The van der Waals surface area contributed by atoms with Gasteiger partial charge in [-0.1, -0.05) is 51.2 Å². The summed E-state index contributed by atoms with van der Waals surface area (Å²) >= 11 is 0. The average Bonchev–Trinajstić information content (AvgIpc) is 2.48. The fraction of sp³-hybridized carbons (Fsp3) is 0.556. The minimum Gasteiger partial charge on any atom is -0.431 e. The lowest BCUT2D eigenvalue weighted by atomic mass is 10.1. The van der Waals surface area contributed by atoms with Crippen LogP contribution in [0.15, 0.2) is 41.4 Å². The highest BCUT2D eigenvalue weighted by Crippen LogP contribution is 2.06. The second-order valence-electron chi connectivity index (χ2n) is 5.17. The Balaban J connectivity index is 3.67. The van der Waals surface area contributed by atoms with Gasteiger partial charge in [0.15, 0.2) is 6.73 Å². The Bertz CT molecular complexity index is 395. The van der Waals surface area contributed by atoms with E-state index in [1.807, 2.05) is 32.9 Å². The molecule has 0 aliphatic heterocycles. The third-order valence-electron chi connectivity index (χ3n) is 2.92. The van der Waals surface area contributed by atoms with Crippen LogP contribution >= 0.6 is 0 Å². The molecule has 0 bridgehead atoms. The normalized spacial score (nSPS) is 13.9. The van der Waals surface area contributed by atoms with Gasteiger partial charge in [-0.2, -0.15) is 0 Å². The lowest BCUT2D eigenvalue weighted by molar-refractivity contribution is 0.0164. The Hall–Kier alpha value is -1.84. The second kappa shape index (κ2) is 14.1. The monoisotopic (exact) mass is 307 g/mol. The Kier molecular flexibility index (Phi) is 12.9. The van der Waals surface area contributed by atoms with Gasteiger partial charge in [-0.15, -0.1) is 0 Å². The van der Waals surface area contributed by atoms with Crippen molar-refractivity contribution in [1.82, 2.24) is 0 Å². The van der Waals surface area contributed by atoms with Crippen molar-refractivity contribution < 1.29 is 14.3 Å². The highest BCUT2D eigenvalue weighted by atomic mass is 16.7. The number of allylic oxidation sites excluding steroid dienone is 6. The van der Waals surface area contributed by atoms with Gasteiger partial charge in [-0.3, -0.25) is 4.99 Å². The SMILES string of the molecule is CC/C=C\C/C=C\C/C=C\C=N/COC(=O)OC(C)C(C)C. The van der Waals surface area contributed by atoms with Crippen LogP contribution in [0.2, 0.25) is 0 Å². The van der Waals surface area contributed by atoms with Gasteiger partial charge in [-0.25, -0.2) is 4.79 Å². The third-order valence-corrected chi connectivity index (χ3v) is 2.92. The number of hydrogen-bond acceptors (Lipinski definition) is 4. The van der Waals surface area contributed by atoms with Gasteiger partial charge in [0.05, 0.1) is 0 Å². The van der Waals surface area contributed by atoms with Crippen molar-refractivity contribution in [2.24, 2.45) is 10.9 Å². The zero-order valence-electron chi connectivity index (χ0n) is 14.2. The zero-order valence-corrected chi connectivity index (χ0v) is 14.2. The van der Waals surface area contributed by atoms with E-state index in [0.29, 0.717) is 0 Å². The first-order valence-corrected chi connectivity index (χ1v) is 7.86. The number of carbonyl (C=O) groups is 1. The summed E-state index contributed by atoms with van der Waals surface area (Å²) in [7, 11) is 0. The van der Waals surface area contributed by atoms with Crippen LogP contribution in [-0.4, -0.2) is 25.2 Å². The molecule has 22 heavy (non-hydrogen) atoms. The highest BCUT2D eigenvalue weighted by molar-refractivity contribution is 5.71. The number of rotatable bonds is 10. The summed E-state index contributed by atoms with van der Waals surface area (Å²) in [6.45, 7) is 7.90. The molecule has 1 unspecified atom stereocenters. The van der Waals surface area contributed by atoms with Crippen LogP contribution < -0.4 is 0 Å². The minimum absolute atomic E-state index is 0.0222. The van der Waals surface area contributed by atoms with E-state index in [4.69, 9.17) is 9.47 Å². The standard InChI is InChI=1S/C18H29NO3/c1-5-6-7-8-9-10-11-12-13-14-19-15-21-18(20)22-17(4)16(2)3/h6-7,9-10,12-14,16-17H,5,8,11,15H2,1-4H3/b7-6-,10-9-,13-12-,19-14-. The molecule has 0 aromatic rings. The molecule has 4 heteroatoms. The second-order valence-corrected chi connectivity index (χ2v) is 5.17. The van der Waals surface area contributed by atoms with Crippen LogP contribution in [0.1, 0.15) is 47.0 Å². The van der Waals surface area contributed by atoms with Crippen molar-refractivity contribution in [3.63, 3.8) is 0 Å². The molecule has 124 valence electrons. The van der Waals surface area contributed by atoms with Gasteiger partial charge < -0.3 is 9.47 Å². The summed E-state index contributed by atoms with van der Waals surface area (Å²) in [6.07, 6.45) is 16.1. The topological polar surface area (TPSA) is 47.9 Å². The fourth-order valence-corrected chi connectivity index (χ4v) is 1.27. The van der Waals surface area contributed by atoms with Gasteiger partial charge in [0.2, 0.25) is 0 Å². The van der Waals surface area contributed by atoms with Crippen LogP contribution in [0.4, 0.5) is 4.79 Å². The van der Waals surface area contributed by atoms with Gasteiger partial charge in [-0.05, 0) is 38.2 Å². The van der Waals surface area contributed by atoms with Crippen molar-refractivity contribution in [3.8, 4) is 0 Å². The van der Waals surface area contributed by atoms with Gasteiger partial charge >= 0.3 is 6.16 Å². The third kappa shape index (κ3) is 13.2. The summed E-state index contributed by atoms with van der Waals surface area (Å²) in [5, 5.41) is 0. The molecule has 4 nitrogen and oxygen atoms in total. The van der Waals surface area contributed by atoms with Crippen LogP contribution in [0.25, 0.3) is 0 Å². The molecule has 0 amide bonds. The predicted octanol–water partition coefficient (Wildman–Crippen LogP) is 5.07. The van der Waals surface area contributed by atoms with Crippen molar-refractivity contribution in [2.45, 2.75) is 53.1 Å². The molecule has 0 saturated carbocycles. The van der Waals surface area contributed by atoms with E-state index < -0.39 is 6.16 Å². The summed E-state index contributed by atoms with van der Waals surface area (Å²) in [5.74, 6) is 0.268. The number of carbonyl (C=O) groups excluding carboxylic acids is 1. The van der Waals surface area contributed by atoms with E-state index in [-0.39, 0.29) is 18.8 Å². The maximum absolute atomic E-state index is 11.3. The lowest BCUT2D eigenvalue weighted by Gasteiger charge is -2.15. The maximum atomic E-state index is 11.3. The maximum Gasteiger partial charge on any atom is 0.510 e. The molecule has 0 rings (SSSR count). The molecule has 0 aliphatic carbocycles. The summed E-state index contributed by atoms with van der Waals surface area (Å²) < 4.78 is 9.87. The Morgan fingerprint density at radius 2 is 1.68 bits per heavy atom. The number of hydrogen-bond donors (Lipinski definition) is 0. The van der Waals surface area contributed by atoms with Gasteiger partial charge in [0, 0.05) is 6.21 Å². The van der Waals surface area contributed by atoms with E-state index in [2.05, 4.69) is 36.2 Å². The van der Waals surface area contributed by atoms with E-state index in [1.165, 1.54) is 0 Å². The molecular formula is C18H29NO3. The van der Waals surface area contributed by atoms with E-state index in [9.17, 15) is 4.79 Å². The first-order valence-electron chi connectivity index (χ1n) is 7.86. The lowest BCUT2D eigenvalue weighted by Crippen LogP contribution is -2.20. The molecule has 0 aliphatic rings. The molecule has 0 spiro atoms. The number of ether oxygens (including phenoxy) is 2. The quantitative estimate of drug-likeness (QED) is 0.321. The van der Waals surface area contributed by atoms with Crippen molar-refractivity contribution in [1.29, 1.82) is 0 Å². The van der Waals surface area contributed by atoms with Crippen LogP contribution in [-0.2, 0) is 9.47 Å². The number of nitrogens with zero attached hydrogens (tertiary/aromatic N) is 1. The van der Waals surface area contributed by atoms with Crippen LogP contribution in [0, 0.1) is 5.92 Å². The molecule has 0 aromatic heterocycles. The van der Waals surface area contributed by atoms with Crippen LogP contribution in [0.3, 0.4) is 0 Å². The molecule has 0 saturated heterocycles. The van der Waals surface area contributed by atoms with Crippen molar-refractivity contribution in [3.05, 3.63) is 36.5 Å².